The van der Waals surface area contributed by atoms with Crippen molar-refractivity contribution in [2.24, 2.45) is 0 Å². The summed E-state index contributed by atoms with van der Waals surface area (Å²) in [4.78, 5) is 0. The van der Waals surface area contributed by atoms with E-state index in [1.807, 2.05) is 60.7 Å². The molecule has 0 bridgehead atoms. The zero-order valence-corrected chi connectivity index (χ0v) is 11.4. The topological polar surface area (TPSA) is 38.7 Å². The Morgan fingerprint density at radius 2 is 1.35 bits per heavy atom. The Kier molecular flexibility index (Phi) is 6.24. The van der Waals surface area contributed by atoms with Crippen LogP contribution in [0.1, 0.15) is 11.1 Å². The van der Waals surface area contributed by atoms with E-state index in [4.69, 9.17) is 9.47 Å². The van der Waals surface area contributed by atoms with Gasteiger partial charge in [-0.05, 0) is 11.1 Å². The third kappa shape index (κ3) is 5.13. The monoisotopic (exact) mass is 272 g/mol. The second-order valence-corrected chi connectivity index (χ2v) is 4.60. The van der Waals surface area contributed by atoms with Gasteiger partial charge in [-0.25, -0.2) is 0 Å². The molecule has 2 rings (SSSR count). The smallest absolute Gasteiger partial charge is 0.104 e. The molecular weight excluding hydrogens is 252 g/mol. The van der Waals surface area contributed by atoms with E-state index in [9.17, 15) is 5.11 Å². The van der Waals surface area contributed by atoms with Crippen LogP contribution in [0.5, 0.6) is 0 Å². The number of benzene rings is 2. The third-order valence-corrected chi connectivity index (χ3v) is 2.95. The van der Waals surface area contributed by atoms with Crippen molar-refractivity contribution in [1.29, 1.82) is 0 Å². The fourth-order valence-corrected chi connectivity index (χ4v) is 1.82. The Bertz CT molecular complexity index is 470. The molecule has 106 valence electrons. The molecule has 0 radical (unpaired) electrons. The Morgan fingerprint density at radius 1 is 0.800 bits per heavy atom. The summed E-state index contributed by atoms with van der Waals surface area (Å²) >= 11 is 0. The predicted molar refractivity (Wildman–Crippen MR) is 78.2 cm³/mol. The van der Waals surface area contributed by atoms with Crippen LogP contribution in [0, 0.1) is 0 Å². The first-order valence-electron chi connectivity index (χ1n) is 6.76. The van der Waals surface area contributed by atoms with Crippen LogP contribution in [0.3, 0.4) is 0 Å². The lowest BCUT2D eigenvalue weighted by atomic mass is 10.2. The van der Waals surface area contributed by atoms with Gasteiger partial charge in [-0.2, -0.15) is 0 Å². The first-order chi connectivity index (χ1) is 9.88. The molecule has 0 aliphatic carbocycles. The molecule has 0 fully saturated rings. The molecular formula is C17H20O3. The van der Waals surface area contributed by atoms with Crippen molar-refractivity contribution in [3.63, 3.8) is 0 Å². The Morgan fingerprint density at radius 3 is 1.90 bits per heavy atom. The molecule has 0 aromatic heterocycles. The van der Waals surface area contributed by atoms with Gasteiger partial charge in [0.25, 0.3) is 0 Å². The quantitative estimate of drug-likeness (QED) is 0.803. The Hall–Kier alpha value is -1.68. The van der Waals surface area contributed by atoms with E-state index in [1.54, 1.807) is 0 Å². The van der Waals surface area contributed by atoms with Crippen LogP contribution in [-0.4, -0.2) is 24.4 Å². The lowest BCUT2D eigenvalue weighted by Gasteiger charge is -2.15. The summed E-state index contributed by atoms with van der Waals surface area (Å²) in [5, 5.41) is 9.30. The number of aliphatic hydroxyl groups excluding tert-OH is 1. The summed E-state index contributed by atoms with van der Waals surface area (Å²) < 4.78 is 11.2. The molecule has 0 spiro atoms. The van der Waals surface area contributed by atoms with E-state index < -0.39 is 0 Å². The summed E-state index contributed by atoms with van der Waals surface area (Å²) in [6, 6.07) is 19.9. The normalized spacial score (nSPS) is 12.2. The van der Waals surface area contributed by atoms with E-state index in [1.165, 1.54) is 0 Å². The highest BCUT2D eigenvalue weighted by Gasteiger charge is 2.08. The van der Waals surface area contributed by atoms with Gasteiger partial charge in [-0.15, -0.1) is 0 Å². The lowest BCUT2D eigenvalue weighted by Crippen LogP contribution is -2.23. The lowest BCUT2D eigenvalue weighted by molar-refractivity contribution is -0.0536. The highest BCUT2D eigenvalue weighted by molar-refractivity contribution is 5.14. The minimum atomic E-state index is -0.293. The van der Waals surface area contributed by atoms with Gasteiger partial charge in [0.05, 0.1) is 26.4 Å². The van der Waals surface area contributed by atoms with Crippen LogP contribution in [0.4, 0.5) is 0 Å². The maximum atomic E-state index is 9.30. The van der Waals surface area contributed by atoms with Crippen molar-refractivity contribution in [2.45, 2.75) is 19.3 Å². The van der Waals surface area contributed by atoms with Gasteiger partial charge in [0.15, 0.2) is 0 Å². The third-order valence-electron chi connectivity index (χ3n) is 2.95. The molecule has 2 aromatic carbocycles. The van der Waals surface area contributed by atoms with Crippen LogP contribution in [-0.2, 0) is 22.7 Å². The minimum Gasteiger partial charge on any atom is -0.394 e. The number of aliphatic hydroxyl groups is 1. The van der Waals surface area contributed by atoms with E-state index in [0.29, 0.717) is 19.8 Å². The first kappa shape index (κ1) is 14.7. The van der Waals surface area contributed by atoms with Gasteiger partial charge in [0.1, 0.15) is 6.10 Å². The van der Waals surface area contributed by atoms with Crippen molar-refractivity contribution in [1.82, 2.24) is 0 Å². The second kappa shape index (κ2) is 8.48. The van der Waals surface area contributed by atoms with E-state index in [-0.39, 0.29) is 12.7 Å². The maximum absolute atomic E-state index is 9.30. The van der Waals surface area contributed by atoms with Gasteiger partial charge < -0.3 is 14.6 Å². The van der Waals surface area contributed by atoms with Gasteiger partial charge in [0.2, 0.25) is 0 Å². The fourth-order valence-electron chi connectivity index (χ4n) is 1.82. The molecule has 0 amide bonds. The molecule has 3 nitrogen and oxygen atoms in total. The van der Waals surface area contributed by atoms with Crippen molar-refractivity contribution in [3.8, 4) is 0 Å². The first-order valence-corrected chi connectivity index (χ1v) is 6.76. The van der Waals surface area contributed by atoms with Crippen molar-refractivity contribution in [3.05, 3.63) is 71.8 Å². The SMILES string of the molecule is OC[C@@H](COCc1ccccc1)OCc1ccccc1. The Labute approximate surface area is 119 Å². The molecule has 1 atom stereocenters. The summed E-state index contributed by atoms with van der Waals surface area (Å²) in [6.07, 6.45) is -0.293. The number of hydrogen-bond acceptors (Lipinski definition) is 3. The molecule has 0 heterocycles. The van der Waals surface area contributed by atoms with Gasteiger partial charge in [0, 0.05) is 0 Å². The summed E-state index contributed by atoms with van der Waals surface area (Å²) in [5.74, 6) is 0. The fraction of sp³-hybridized carbons (Fsp3) is 0.294. The van der Waals surface area contributed by atoms with Crippen LogP contribution >= 0.6 is 0 Å². The minimum absolute atomic E-state index is 0.0401. The summed E-state index contributed by atoms with van der Waals surface area (Å²) in [7, 11) is 0. The molecule has 0 aliphatic rings. The van der Waals surface area contributed by atoms with Crippen LogP contribution in [0.15, 0.2) is 60.7 Å². The average molecular weight is 272 g/mol. The largest absolute Gasteiger partial charge is 0.394 e. The molecule has 3 heteroatoms. The number of ether oxygens (including phenoxy) is 2. The summed E-state index contributed by atoms with van der Waals surface area (Å²) in [5.41, 5.74) is 2.21. The molecule has 0 aliphatic heterocycles. The van der Waals surface area contributed by atoms with E-state index >= 15 is 0 Å². The molecule has 0 saturated heterocycles. The van der Waals surface area contributed by atoms with Crippen LogP contribution in [0.25, 0.3) is 0 Å². The van der Waals surface area contributed by atoms with Crippen molar-refractivity contribution >= 4 is 0 Å². The maximum Gasteiger partial charge on any atom is 0.104 e. The number of hydrogen-bond donors (Lipinski definition) is 1. The van der Waals surface area contributed by atoms with Crippen LogP contribution < -0.4 is 0 Å². The second-order valence-electron chi connectivity index (χ2n) is 4.60. The van der Waals surface area contributed by atoms with Gasteiger partial charge in [-0.1, -0.05) is 60.7 Å². The Balaban J connectivity index is 1.70. The predicted octanol–water partition coefficient (Wildman–Crippen LogP) is 2.78. The van der Waals surface area contributed by atoms with Crippen molar-refractivity contribution in [2.75, 3.05) is 13.2 Å². The molecule has 20 heavy (non-hydrogen) atoms. The van der Waals surface area contributed by atoms with Crippen molar-refractivity contribution < 1.29 is 14.6 Å². The highest BCUT2D eigenvalue weighted by atomic mass is 16.5. The standard InChI is InChI=1S/C17H20O3/c18-11-17(20-13-16-9-5-2-6-10-16)14-19-12-15-7-3-1-4-8-15/h1-10,17-18H,11-14H2/t17-/m0/s1. The summed E-state index contributed by atoms with van der Waals surface area (Å²) in [6.45, 7) is 1.37. The molecule has 0 unspecified atom stereocenters. The van der Waals surface area contributed by atoms with E-state index in [0.717, 1.165) is 11.1 Å². The zero-order valence-electron chi connectivity index (χ0n) is 11.4. The van der Waals surface area contributed by atoms with Crippen LogP contribution in [0.2, 0.25) is 0 Å². The highest BCUT2D eigenvalue weighted by Crippen LogP contribution is 2.05. The molecule has 0 saturated carbocycles. The van der Waals surface area contributed by atoms with Gasteiger partial charge >= 0.3 is 0 Å². The zero-order chi connectivity index (χ0) is 14.0. The van der Waals surface area contributed by atoms with Gasteiger partial charge in [-0.3, -0.25) is 0 Å². The molecule has 1 N–H and O–H groups in total. The van der Waals surface area contributed by atoms with E-state index in [2.05, 4.69) is 0 Å². The molecule has 2 aromatic rings. The average Bonchev–Trinajstić information content (AvgIpc) is 2.52. The number of rotatable bonds is 8.